The van der Waals surface area contributed by atoms with Gasteiger partial charge in [-0.15, -0.1) is 0 Å². The lowest BCUT2D eigenvalue weighted by Gasteiger charge is -2.09. The zero-order valence-corrected chi connectivity index (χ0v) is 13.7. The van der Waals surface area contributed by atoms with Gasteiger partial charge in [-0.25, -0.2) is 9.48 Å². The van der Waals surface area contributed by atoms with Crippen LogP contribution in [-0.2, 0) is 4.74 Å². The first kappa shape index (κ1) is 17.0. The van der Waals surface area contributed by atoms with Gasteiger partial charge in [-0.05, 0) is 12.1 Å². The van der Waals surface area contributed by atoms with Crippen molar-refractivity contribution in [3.8, 4) is 5.69 Å². The van der Waals surface area contributed by atoms with Crippen LogP contribution >= 0.6 is 0 Å². The Morgan fingerprint density at radius 2 is 1.85 bits per heavy atom. The molecule has 0 saturated heterocycles. The molecule has 0 N–H and O–H groups in total. The number of hydrogen-bond donors (Lipinski definition) is 0. The molecule has 0 aliphatic rings. The van der Waals surface area contributed by atoms with Gasteiger partial charge in [-0.1, -0.05) is 30.3 Å². The molecular formula is C18H13N3O5. The summed E-state index contributed by atoms with van der Waals surface area (Å²) >= 11 is 0. The SMILES string of the molecule is COC(=O)c1ccn(-c2ccc([N+](=O)[O-])cc2C(=O)c2ccccc2)n1. The summed E-state index contributed by atoms with van der Waals surface area (Å²) in [5.74, 6) is -1.01. The van der Waals surface area contributed by atoms with Gasteiger partial charge in [0.1, 0.15) is 0 Å². The van der Waals surface area contributed by atoms with Gasteiger partial charge in [-0.3, -0.25) is 14.9 Å². The maximum absolute atomic E-state index is 12.9. The average Bonchev–Trinajstić information content (AvgIpc) is 3.17. The quantitative estimate of drug-likeness (QED) is 0.303. The molecule has 0 atom stereocenters. The monoisotopic (exact) mass is 351 g/mol. The van der Waals surface area contributed by atoms with Crippen molar-refractivity contribution >= 4 is 17.4 Å². The van der Waals surface area contributed by atoms with Crippen molar-refractivity contribution in [1.29, 1.82) is 0 Å². The molecule has 0 amide bonds. The van der Waals surface area contributed by atoms with Crippen LogP contribution in [0.5, 0.6) is 0 Å². The fourth-order valence-electron chi connectivity index (χ4n) is 2.44. The number of nitrogens with zero attached hydrogens (tertiary/aromatic N) is 3. The zero-order valence-electron chi connectivity index (χ0n) is 13.7. The number of methoxy groups -OCH3 is 1. The van der Waals surface area contributed by atoms with Crippen LogP contribution in [0, 0.1) is 10.1 Å². The van der Waals surface area contributed by atoms with Crippen LogP contribution in [0.15, 0.2) is 60.8 Å². The minimum Gasteiger partial charge on any atom is -0.464 e. The Labute approximate surface area is 147 Å². The number of benzene rings is 2. The van der Waals surface area contributed by atoms with Gasteiger partial charge in [0, 0.05) is 23.9 Å². The van der Waals surface area contributed by atoms with E-state index in [0.29, 0.717) is 11.3 Å². The number of hydrogen-bond acceptors (Lipinski definition) is 6. The minimum atomic E-state index is -0.624. The molecule has 0 bridgehead atoms. The highest BCUT2D eigenvalue weighted by Gasteiger charge is 2.20. The summed E-state index contributed by atoms with van der Waals surface area (Å²) in [6.07, 6.45) is 1.48. The van der Waals surface area contributed by atoms with Gasteiger partial charge < -0.3 is 4.74 Å². The first-order chi connectivity index (χ1) is 12.5. The van der Waals surface area contributed by atoms with E-state index in [1.165, 1.54) is 42.3 Å². The van der Waals surface area contributed by atoms with E-state index in [-0.39, 0.29) is 22.7 Å². The van der Waals surface area contributed by atoms with Crippen LogP contribution in [0.2, 0.25) is 0 Å². The number of carbonyl (C=O) groups is 2. The van der Waals surface area contributed by atoms with E-state index < -0.39 is 10.9 Å². The first-order valence-electron chi connectivity index (χ1n) is 7.54. The van der Waals surface area contributed by atoms with Crippen molar-refractivity contribution in [3.63, 3.8) is 0 Å². The Balaban J connectivity index is 2.13. The number of rotatable bonds is 5. The van der Waals surface area contributed by atoms with Crippen LogP contribution in [-0.4, -0.2) is 33.6 Å². The Kier molecular flexibility index (Phi) is 4.57. The van der Waals surface area contributed by atoms with Crippen LogP contribution < -0.4 is 0 Å². The molecule has 8 nitrogen and oxygen atoms in total. The third-order valence-corrected chi connectivity index (χ3v) is 3.70. The molecule has 2 aromatic carbocycles. The fraction of sp³-hybridized carbons (Fsp3) is 0.0556. The summed E-state index contributed by atoms with van der Waals surface area (Å²) in [5, 5.41) is 15.2. The number of non-ortho nitro benzene ring substituents is 1. The molecule has 1 aromatic heterocycles. The predicted molar refractivity (Wildman–Crippen MR) is 91.4 cm³/mol. The number of nitro groups is 1. The summed E-state index contributed by atoms with van der Waals surface area (Å²) in [6, 6.07) is 13.7. The predicted octanol–water partition coefficient (Wildman–Crippen LogP) is 2.80. The van der Waals surface area contributed by atoms with Gasteiger partial charge in [0.15, 0.2) is 11.5 Å². The lowest BCUT2D eigenvalue weighted by Crippen LogP contribution is -2.10. The second-order valence-corrected chi connectivity index (χ2v) is 5.29. The maximum Gasteiger partial charge on any atom is 0.358 e. The normalized spacial score (nSPS) is 10.3. The molecule has 130 valence electrons. The van der Waals surface area contributed by atoms with Gasteiger partial charge in [0.05, 0.1) is 23.3 Å². The average molecular weight is 351 g/mol. The maximum atomic E-state index is 12.9. The van der Waals surface area contributed by atoms with E-state index in [2.05, 4.69) is 9.84 Å². The molecule has 1 heterocycles. The second-order valence-electron chi connectivity index (χ2n) is 5.29. The molecule has 0 radical (unpaired) electrons. The van der Waals surface area contributed by atoms with Crippen molar-refractivity contribution in [1.82, 2.24) is 9.78 Å². The number of nitro benzene ring substituents is 1. The standard InChI is InChI=1S/C18H13N3O5/c1-26-18(23)15-9-10-20(19-15)16-8-7-13(21(24)25)11-14(16)17(22)12-5-3-2-4-6-12/h2-11H,1H3. The summed E-state index contributed by atoms with van der Waals surface area (Å²) in [5.41, 5.74) is 0.649. The highest BCUT2D eigenvalue weighted by atomic mass is 16.6. The zero-order chi connectivity index (χ0) is 18.7. The van der Waals surface area contributed by atoms with Gasteiger partial charge in [0.2, 0.25) is 0 Å². The Bertz CT molecular complexity index is 995. The largest absolute Gasteiger partial charge is 0.464 e. The molecule has 0 aliphatic carbocycles. The smallest absolute Gasteiger partial charge is 0.358 e. The van der Waals surface area contributed by atoms with Crippen LogP contribution in [0.1, 0.15) is 26.4 Å². The number of ether oxygens (including phenoxy) is 1. The molecule has 3 aromatic rings. The van der Waals surface area contributed by atoms with Crippen LogP contribution in [0.3, 0.4) is 0 Å². The summed E-state index contributed by atoms with van der Waals surface area (Å²) < 4.78 is 5.92. The lowest BCUT2D eigenvalue weighted by atomic mass is 10.0. The van der Waals surface area contributed by atoms with Crippen molar-refractivity contribution in [2.45, 2.75) is 0 Å². The van der Waals surface area contributed by atoms with Gasteiger partial charge in [-0.2, -0.15) is 5.10 Å². The van der Waals surface area contributed by atoms with E-state index in [9.17, 15) is 19.7 Å². The Hall–Kier alpha value is -3.81. The number of aromatic nitrogens is 2. The minimum absolute atomic E-state index is 0.0592. The number of ketones is 1. The third-order valence-electron chi connectivity index (χ3n) is 3.70. The Morgan fingerprint density at radius 3 is 2.50 bits per heavy atom. The molecule has 0 unspecified atom stereocenters. The van der Waals surface area contributed by atoms with E-state index >= 15 is 0 Å². The summed E-state index contributed by atoms with van der Waals surface area (Å²) in [6.45, 7) is 0. The first-order valence-corrected chi connectivity index (χ1v) is 7.54. The van der Waals surface area contributed by atoms with E-state index in [0.717, 1.165) is 0 Å². The highest BCUT2D eigenvalue weighted by molar-refractivity contribution is 6.11. The lowest BCUT2D eigenvalue weighted by molar-refractivity contribution is -0.384. The molecule has 0 spiro atoms. The summed E-state index contributed by atoms with van der Waals surface area (Å²) in [7, 11) is 1.23. The van der Waals surface area contributed by atoms with Crippen LogP contribution in [0.25, 0.3) is 5.69 Å². The van der Waals surface area contributed by atoms with Crippen molar-refractivity contribution in [2.75, 3.05) is 7.11 Å². The van der Waals surface area contributed by atoms with Gasteiger partial charge in [0.25, 0.3) is 5.69 Å². The van der Waals surface area contributed by atoms with Crippen molar-refractivity contribution < 1.29 is 19.2 Å². The molecule has 26 heavy (non-hydrogen) atoms. The van der Waals surface area contributed by atoms with Crippen molar-refractivity contribution in [2.24, 2.45) is 0 Å². The molecule has 0 saturated carbocycles. The molecule has 8 heteroatoms. The molecule has 0 aliphatic heterocycles. The fourth-order valence-corrected chi connectivity index (χ4v) is 2.44. The van der Waals surface area contributed by atoms with Crippen molar-refractivity contribution in [3.05, 3.63) is 87.7 Å². The Morgan fingerprint density at radius 1 is 1.12 bits per heavy atom. The highest BCUT2D eigenvalue weighted by Crippen LogP contribution is 2.24. The number of esters is 1. The molecule has 0 fully saturated rings. The van der Waals surface area contributed by atoms with Gasteiger partial charge >= 0.3 is 5.97 Å². The van der Waals surface area contributed by atoms with E-state index in [4.69, 9.17) is 0 Å². The molecule has 3 rings (SSSR count). The van der Waals surface area contributed by atoms with E-state index in [1.54, 1.807) is 30.3 Å². The summed E-state index contributed by atoms with van der Waals surface area (Å²) in [4.78, 5) is 35.0. The topological polar surface area (TPSA) is 104 Å². The number of carbonyl (C=O) groups excluding carboxylic acids is 2. The van der Waals surface area contributed by atoms with E-state index in [1.807, 2.05) is 0 Å². The molecular weight excluding hydrogens is 338 g/mol. The second kappa shape index (κ2) is 6.98. The van der Waals surface area contributed by atoms with Crippen LogP contribution in [0.4, 0.5) is 5.69 Å². The third kappa shape index (κ3) is 3.20.